The van der Waals surface area contributed by atoms with Crippen molar-refractivity contribution in [2.75, 3.05) is 0 Å². The molecule has 0 unspecified atom stereocenters. The molecule has 0 N–H and O–H groups in total. The Morgan fingerprint density at radius 3 is 1.39 bits per heavy atom. The Morgan fingerprint density at radius 1 is 0.327 bits per heavy atom. The molecule has 0 nitrogen and oxygen atoms in total. The van der Waals surface area contributed by atoms with Gasteiger partial charge in [-0.2, -0.15) is 0 Å². The molecule has 226 valence electrons. The fraction of sp³-hybridized carbons (Fsp3) is 0.0204. The summed E-state index contributed by atoms with van der Waals surface area (Å²) in [5.74, 6) is 0. The van der Waals surface area contributed by atoms with Gasteiger partial charge in [-0.05, 0) is 105 Å². The van der Waals surface area contributed by atoms with Crippen molar-refractivity contribution in [3.63, 3.8) is 0 Å². The van der Waals surface area contributed by atoms with E-state index in [4.69, 9.17) is 11.0 Å². The van der Waals surface area contributed by atoms with Crippen molar-refractivity contribution >= 4 is 32.3 Å². The first-order chi connectivity index (χ1) is 28.9. The molecule has 0 saturated carbocycles. The molecule has 0 aliphatic heterocycles. The van der Waals surface area contributed by atoms with Gasteiger partial charge in [0, 0.05) is 0 Å². The van der Waals surface area contributed by atoms with Crippen LogP contribution < -0.4 is 0 Å². The number of fused-ring (bicyclic) bond motifs is 16. The van der Waals surface area contributed by atoms with E-state index >= 15 is 0 Å². The van der Waals surface area contributed by atoms with Gasteiger partial charge in [0.05, 0.1) is 20.5 Å². The smallest absolute Gasteiger partial charge is 0.0619 e. The second-order valence-electron chi connectivity index (χ2n) is 12.7. The van der Waals surface area contributed by atoms with Crippen LogP contribution in [0.15, 0.2) is 182 Å². The summed E-state index contributed by atoms with van der Waals surface area (Å²) in [4.78, 5) is 0. The molecule has 0 fully saturated rings. The number of hydrogen-bond acceptors (Lipinski definition) is 0. The molecule has 0 saturated heterocycles. The van der Waals surface area contributed by atoms with Crippen LogP contribution in [-0.4, -0.2) is 0 Å². The summed E-state index contributed by atoms with van der Waals surface area (Å²) in [6, 6.07) is 34.2. The van der Waals surface area contributed by atoms with Gasteiger partial charge in [-0.15, -0.1) is 0 Å². The SMILES string of the molecule is [2H]c1c([2H])c([2H])c2c(c1[2H])c1c([2H])c([2H])c([2H])c([2H])c1c1c([2H])c(-c3ccc(-c4cccc5c4-c4ccccc4C54c5ccccc5-c5ccccc54)cc3)c([2H])c([2H])c21. The fourth-order valence-corrected chi connectivity index (χ4v) is 8.50. The van der Waals surface area contributed by atoms with Gasteiger partial charge in [0.1, 0.15) is 0 Å². The van der Waals surface area contributed by atoms with E-state index in [0.717, 1.165) is 22.3 Å². The highest BCUT2D eigenvalue weighted by Crippen LogP contribution is 2.63. The minimum atomic E-state index is -0.596. The molecule has 1 spiro atoms. The van der Waals surface area contributed by atoms with Crippen molar-refractivity contribution in [2.45, 2.75) is 5.41 Å². The second-order valence-corrected chi connectivity index (χ2v) is 12.7. The lowest BCUT2D eigenvalue weighted by Gasteiger charge is -2.30. The molecule has 2 aliphatic carbocycles. The highest BCUT2D eigenvalue weighted by molar-refractivity contribution is 6.25. The van der Waals surface area contributed by atoms with Crippen molar-refractivity contribution in [2.24, 2.45) is 0 Å². The maximum absolute atomic E-state index is 9.65. The predicted octanol–water partition coefficient (Wildman–Crippen LogP) is 12.8. The minimum Gasteiger partial charge on any atom is -0.0619 e. The fourth-order valence-electron chi connectivity index (χ4n) is 8.50. The molecule has 49 heavy (non-hydrogen) atoms. The van der Waals surface area contributed by atoms with Crippen LogP contribution in [-0.2, 0) is 5.41 Å². The molecule has 11 rings (SSSR count). The maximum atomic E-state index is 9.65. The second kappa shape index (κ2) is 9.89. The van der Waals surface area contributed by atoms with E-state index in [-0.39, 0.29) is 50.0 Å². The van der Waals surface area contributed by atoms with E-state index in [9.17, 15) is 4.11 Å². The first-order valence-corrected chi connectivity index (χ1v) is 16.3. The first kappa shape index (κ1) is 18.3. The largest absolute Gasteiger partial charge is 0.0725 e. The van der Waals surface area contributed by atoms with Gasteiger partial charge in [-0.25, -0.2) is 0 Å². The zero-order valence-corrected chi connectivity index (χ0v) is 26.0. The summed E-state index contributed by atoms with van der Waals surface area (Å²) < 4.78 is 97.8. The Balaban J connectivity index is 1.16. The predicted molar refractivity (Wildman–Crippen MR) is 206 cm³/mol. The van der Waals surface area contributed by atoms with E-state index in [2.05, 4.69) is 91.0 Å². The topological polar surface area (TPSA) is 0 Å². The summed E-state index contributed by atoms with van der Waals surface area (Å²) in [5.41, 5.74) is 11.4. The molecule has 0 atom stereocenters. The van der Waals surface area contributed by atoms with Crippen molar-refractivity contribution < 1.29 is 15.1 Å². The average Bonchev–Trinajstić information content (AvgIpc) is 3.75. The van der Waals surface area contributed by atoms with Crippen LogP contribution in [0.2, 0.25) is 0 Å². The third kappa shape index (κ3) is 3.48. The summed E-state index contributed by atoms with van der Waals surface area (Å²) >= 11 is 0. The Bertz CT molecular complexity index is 3350. The van der Waals surface area contributed by atoms with E-state index < -0.39 is 59.8 Å². The standard InChI is InChI=1S/C49H30/c1-2-14-37-35(12-1)36-13-3-4-15-38(36)43-30-33(28-29-39(37)43)31-24-26-32(27-25-31)34-19-11-23-47-48(34)42-18-7-10-22-46(42)49(47)44-20-8-5-16-40(44)41-17-6-9-21-45(41)49/h1-30H/i1D,2D,3D,4D,12D,13D,14D,15D,28D,29D,30D. The van der Waals surface area contributed by atoms with Crippen molar-refractivity contribution in [3.05, 3.63) is 204 Å². The minimum absolute atomic E-state index is 0.0645. The van der Waals surface area contributed by atoms with Crippen LogP contribution in [0.4, 0.5) is 0 Å². The van der Waals surface area contributed by atoms with Crippen molar-refractivity contribution in [1.29, 1.82) is 0 Å². The molecule has 0 heteroatoms. The van der Waals surface area contributed by atoms with Gasteiger partial charge in [0.15, 0.2) is 0 Å². The highest BCUT2D eigenvalue weighted by atomic mass is 14.5. The molecule has 0 heterocycles. The zero-order chi connectivity index (χ0) is 41.7. The molecular formula is C49H30. The number of hydrogen-bond donors (Lipinski definition) is 0. The summed E-state index contributed by atoms with van der Waals surface area (Å²) in [6.45, 7) is 0. The van der Waals surface area contributed by atoms with Crippen LogP contribution in [0.25, 0.3) is 76.8 Å². The van der Waals surface area contributed by atoms with Gasteiger partial charge in [-0.1, -0.05) is 176 Å². The molecule has 0 radical (unpaired) electrons. The van der Waals surface area contributed by atoms with E-state index in [1.165, 1.54) is 33.4 Å². The van der Waals surface area contributed by atoms with Crippen LogP contribution in [0.1, 0.15) is 37.3 Å². The molecular weight excluding hydrogens is 589 g/mol. The lowest BCUT2D eigenvalue weighted by molar-refractivity contribution is 0.794. The van der Waals surface area contributed by atoms with Crippen LogP contribution >= 0.6 is 0 Å². The lowest BCUT2D eigenvalue weighted by Crippen LogP contribution is -2.25. The highest BCUT2D eigenvalue weighted by Gasteiger charge is 2.51. The Kier molecular flexibility index (Phi) is 3.70. The van der Waals surface area contributed by atoms with Crippen LogP contribution in [0.5, 0.6) is 0 Å². The molecule has 9 aromatic carbocycles. The van der Waals surface area contributed by atoms with Crippen LogP contribution in [0.3, 0.4) is 0 Å². The summed E-state index contributed by atoms with van der Waals surface area (Å²) in [6.07, 6.45) is 0. The number of rotatable bonds is 2. The Morgan fingerprint density at radius 2 is 0.776 bits per heavy atom. The summed E-state index contributed by atoms with van der Waals surface area (Å²) in [7, 11) is 0. The van der Waals surface area contributed by atoms with Gasteiger partial charge in [0.25, 0.3) is 0 Å². The van der Waals surface area contributed by atoms with Gasteiger partial charge >= 0.3 is 0 Å². The van der Waals surface area contributed by atoms with E-state index in [0.29, 0.717) is 5.56 Å². The molecule has 0 aromatic heterocycles. The summed E-state index contributed by atoms with van der Waals surface area (Å²) in [5, 5.41) is -0.839. The van der Waals surface area contributed by atoms with E-state index in [1.807, 2.05) is 12.1 Å². The van der Waals surface area contributed by atoms with Gasteiger partial charge in [-0.3, -0.25) is 0 Å². The van der Waals surface area contributed by atoms with Crippen molar-refractivity contribution in [1.82, 2.24) is 0 Å². The molecule has 2 aliphatic rings. The Hall–Kier alpha value is -6.24. The number of benzene rings is 9. The molecule has 0 bridgehead atoms. The first-order valence-electron chi connectivity index (χ1n) is 21.8. The lowest BCUT2D eigenvalue weighted by atomic mass is 9.70. The quantitative estimate of drug-likeness (QED) is 0.167. The van der Waals surface area contributed by atoms with Crippen molar-refractivity contribution in [3.8, 4) is 44.5 Å². The van der Waals surface area contributed by atoms with Gasteiger partial charge < -0.3 is 0 Å². The third-order valence-electron chi connectivity index (χ3n) is 10.4. The Labute approximate surface area is 301 Å². The zero-order valence-electron chi connectivity index (χ0n) is 37.0. The normalized spacial score (nSPS) is 16.6. The van der Waals surface area contributed by atoms with E-state index in [1.54, 1.807) is 12.1 Å². The average molecular weight is 630 g/mol. The van der Waals surface area contributed by atoms with Gasteiger partial charge in [0.2, 0.25) is 0 Å². The maximum Gasteiger partial charge on any atom is 0.0725 e. The monoisotopic (exact) mass is 629 g/mol. The third-order valence-corrected chi connectivity index (χ3v) is 10.4. The van der Waals surface area contributed by atoms with Crippen LogP contribution in [0, 0.1) is 0 Å². The molecule has 9 aromatic rings. The molecule has 0 amide bonds.